The van der Waals surface area contributed by atoms with Gasteiger partial charge in [0.15, 0.2) is 0 Å². The van der Waals surface area contributed by atoms with E-state index in [4.69, 9.17) is 10.8 Å². The number of carboxylic acid groups (broad SMARTS) is 1. The van der Waals surface area contributed by atoms with Gasteiger partial charge in [0.1, 0.15) is 0 Å². The van der Waals surface area contributed by atoms with Crippen molar-refractivity contribution in [2.75, 3.05) is 6.54 Å². The first-order chi connectivity index (χ1) is 5.16. The molecule has 3 nitrogen and oxygen atoms in total. The second-order valence-electron chi connectivity index (χ2n) is 2.98. The number of rotatable bonds is 6. The summed E-state index contributed by atoms with van der Waals surface area (Å²) in [6.07, 6.45) is 3.09. The second-order valence-corrected chi connectivity index (χ2v) is 2.98. The zero-order valence-corrected chi connectivity index (χ0v) is 7.05. The molecule has 0 bridgehead atoms. The third kappa shape index (κ3) is 7.33. The molecule has 0 rings (SSSR count). The van der Waals surface area contributed by atoms with E-state index in [9.17, 15) is 4.79 Å². The van der Waals surface area contributed by atoms with Gasteiger partial charge in [-0.3, -0.25) is 4.79 Å². The molecule has 0 radical (unpaired) electrons. The highest BCUT2D eigenvalue weighted by Gasteiger charge is 2.00. The molecule has 66 valence electrons. The van der Waals surface area contributed by atoms with Gasteiger partial charge in [0.2, 0.25) is 0 Å². The molecule has 3 N–H and O–H groups in total. The van der Waals surface area contributed by atoms with Crippen molar-refractivity contribution in [1.82, 2.24) is 0 Å². The molecule has 0 aromatic heterocycles. The Morgan fingerprint density at radius 1 is 1.55 bits per heavy atom. The van der Waals surface area contributed by atoms with Gasteiger partial charge >= 0.3 is 5.97 Å². The van der Waals surface area contributed by atoms with E-state index < -0.39 is 5.97 Å². The number of aliphatic carboxylic acids is 1. The first kappa shape index (κ1) is 10.4. The van der Waals surface area contributed by atoms with Crippen LogP contribution in [0.4, 0.5) is 0 Å². The summed E-state index contributed by atoms with van der Waals surface area (Å²) < 4.78 is 0. The Bertz CT molecular complexity index is 115. The van der Waals surface area contributed by atoms with Crippen LogP contribution in [0.3, 0.4) is 0 Å². The predicted molar refractivity (Wildman–Crippen MR) is 44.3 cm³/mol. The summed E-state index contributed by atoms with van der Waals surface area (Å²) >= 11 is 0. The molecular weight excluding hydrogens is 142 g/mol. The average Bonchev–Trinajstić information content (AvgIpc) is 1.97. The quantitative estimate of drug-likeness (QED) is 0.573. The number of nitrogens with two attached hydrogens (primary N) is 1. The van der Waals surface area contributed by atoms with E-state index in [-0.39, 0.29) is 6.42 Å². The molecule has 0 heterocycles. The molecule has 0 aliphatic rings. The molecule has 3 heteroatoms. The summed E-state index contributed by atoms with van der Waals surface area (Å²) in [5, 5.41) is 8.31. The fraction of sp³-hybridized carbons (Fsp3) is 0.875. The molecule has 0 unspecified atom stereocenters. The maximum atomic E-state index is 10.1. The fourth-order valence-corrected chi connectivity index (χ4v) is 0.887. The van der Waals surface area contributed by atoms with E-state index in [1.165, 1.54) is 0 Å². The Labute approximate surface area is 67.6 Å². The lowest BCUT2D eigenvalue weighted by molar-refractivity contribution is -0.137. The van der Waals surface area contributed by atoms with Crippen LogP contribution < -0.4 is 5.73 Å². The van der Waals surface area contributed by atoms with Crippen molar-refractivity contribution >= 4 is 5.97 Å². The minimum Gasteiger partial charge on any atom is -0.481 e. The lowest BCUT2D eigenvalue weighted by Crippen LogP contribution is -2.10. The van der Waals surface area contributed by atoms with Gasteiger partial charge in [0.05, 0.1) is 0 Å². The molecule has 1 atom stereocenters. The van der Waals surface area contributed by atoms with E-state index in [0.717, 1.165) is 19.3 Å². The van der Waals surface area contributed by atoms with Crippen LogP contribution in [0.25, 0.3) is 0 Å². The van der Waals surface area contributed by atoms with Crippen molar-refractivity contribution in [3.05, 3.63) is 0 Å². The topological polar surface area (TPSA) is 63.3 Å². The summed E-state index contributed by atoms with van der Waals surface area (Å²) in [6.45, 7) is 2.79. The van der Waals surface area contributed by atoms with Crippen LogP contribution in [-0.2, 0) is 4.79 Å². The number of unbranched alkanes of at least 4 members (excludes halogenated alkanes) is 1. The molecule has 0 spiro atoms. The molecule has 11 heavy (non-hydrogen) atoms. The molecule has 0 fully saturated rings. The maximum absolute atomic E-state index is 10.1. The van der Waals surface area contributed by atoms with E-state index in [2.05, 4.69) is 6.92 Å². The van der Waals surface area contributed by atoms with Gasteiger partial charge in [-0.15, -0.1) is 0 Å². The van der Waals surface area contributed by atoms with Gasteiger partial charge in [-0.2, -0.15) is 0 Å². The third-order valence-electron chi connectivity index (χ3n) is 1.74. The summed E-state index contributed by atoms with van der Waals surface area (Å²) in [5.74, 6) is -0.172. The lowest BCUT2D eigenvalue weighted by atomic mass is 10.0. The van der Waals surface area contributed by atoms with E-state index >= 15 is 0 Å². The standard InChI is InChI=1S/C8H17NO2/c1-7(6-9)4-2-3-5-8(10)11/h7H,2-6,9H2,1H3,(H,10,11)/t7-/m1/s1. The van der Waals surface area contributed by atoms with Crippen LogP contribution in [0.2, 0.25) is 0 Å². The summed E-state index contributed by atoms with van der Waals surface area (Å²) in [4.78, 5) is 10.1. The normalized spacial score (nSPS) is 12.9. The zero-order chi connectivity index (χ0) is 8.69. The number of carboxylic acids is 1. The van der Waals surface area contributed by atoms with E-state index in [0.29, 0.717) is 12.5 Å². The largest absolute Gasteiger partial charge is 0.481 e. The fourth-order valence-electron chi connectivity index (χ4n) is 0.887. The molecule has 0 amide bonds. The first-order valence-corrected chi connectivity index (χ1v) is 4.08. The number of hydrogen-bond donors (Lipinski definition) is 2. The predicted octanol–water partition coefficient (Wildman–Crippen LogP) is 1.23. The van der Waals surface area contributed by atoms with Crippen molar-refractivity contribution in [1.29, 1.82) is 0 Å². The van der Waals surface area contributed by atoms with Gasteiger partial charge in [0.25, 0.3) is 0 Å². The number of hydrogen-bond acceptors (Lipinski definition) is 2. The second kappa shape index (κ2) is 6.16. The molecule has 0 saturated heterocycles. The zero-order valence-electron chi connectivity index (χ0n) is 7.05. The Morgan fingerprint density at radius 2 is 2.18 bits per heavy atom. The minimum atomic E-state index is -0.703. The molecule has 0 aromatic rings. The molecule has 0 aliphatic carbocycles. The lowest BCUT2D eigenvalue weighted by Gasteiger charge is -2.05. The van der Waals surface area contributed by atoms with Crippen molar-refractivity contribution in [3.63, 3.8) is 0 Å². The van der Waals surface area contributed by atoms with E-state index in [1.807, 2.05) is 0 Å². The summed E-state index contributed by atoms with van der Waals surface area (Å²) in [5.41, 5.74) is 5.40. The van der Waals surface area contributed by atoms with Crippen LogP contribution in [0.5, 0.6) is 0 Å². The highest BCUT2D eigenvalue weighted by Crippen LogP contribution is 2.07. The van der Waals surface area contributed by atoms with Crippen molar-refractivity contribution in [2.24, 2.45) is 11.7 Å². The molecular formula is C8H17NO2. The van der Waals surface area contributed by atoms with Crippen LogP contribution in [0.15, 0.2) is 0 Å². The van der Waals surface area contributed by atoms with Crippen LogP contribution in [0, 0.1) is 5.92 Å². The Morgan fingerprint density at radius 3 is 2.64 bits per heavy atom. The average molecular weight is 159 g/mol. The summed E-state index contributed by atoms with van der Waals surface area (Å²) in [6, 6.07) is 0. The summed E-state index contributed by atoms with van der Waals surface area (Å²) in [7, 11) is 0. The van der Waals surface area contributed by atoms with Crippen LogP contribution in [0.1, 0.15) is 32.6 Å². The Kier molecular flexibility index (Phi) is 5.84. The monoisotopic (exact) mass is 159 g/mol. The highest BCUT2D eigenvalue weighted by molar-refractivity contribution is 5.66. The molecule has 0 saturated carbocycles. The van der Waals surface area contributed by atoms with Gasteiger partial charge in [-0.1, -0.05) is 13.3 Å². The third-order valence-corrected chi connectivity index (χ3v) is 1.74. The van der Waals surface area contributed by atoms with Gasteiger partial charge in [-0.25, -0.2) is 0 Å². The first-order valence-electron chi connectivity index (χ1n) is 4.08. The van der Waals surface area contributed by atoms with Crippen molar-refractivity contribution in [2.45, 2.75) is 32.6 Å². The van der Waals surface area contributed by atoms with E-state index in [1.54, 1.807) is 0 Å². The van der Waals surface area contributed by atoms with Gasteiger partial charge < -0.3 is 10.8 Å². The molecule has 0 aromatic carbocycles. The smallest absolute Gasteiger partial charge is 0.303 e. The van der Waals surface area contributed by atoms with Crippen LogP contribution in [-0.4, -0.2) is 17.6 Å². The molecule has 0 aliphatic heterocycles. The number of carbonyl (C=O) groups is 1. The van der Waals surface area contributed by atoms with Crippen LogP contribution >= 0.6 is 0 Å². The minimum absolute atomic E-state index is 0.289. The van der Waals surface area contributed by atoms with Crippen molar-refractivity contribution in [3.8, 4) is 0 Å². The van der Waals surface area contributed by atoms with Gasteiger partial charge in [-0.05, 0) is 25.3 Å². The highest BCUT2D eigenvalue weighted by atomic mass is 16.4. The maximum Gasteiger partial charge on any atom is 0.303 e. The Balaban J connectivity index is 3.08. The Hall–Kier alpha value is -0.570. The SMILES string of the molecule is C[C@@H](CN)CCCCC(=O)O. The van der Waals surface area contributed by atoms with Gasteiger partial charge in [0, 0.05) is 6.42 Å². The van der Waals surface area contributed by atoms with Crippen molar-refractivity contribution < 1.29 is 9.90 Å².